The molecule has 0 spiro atoms. The number of piperidine rings is 1. The molecule has 0 bridgehead atoms. The van der Waals surface area contributed by atoms with Gasteiger partial charge in [0.2, 0.25) is 0 Å². The van der Waals surface area contributed by atoms with Gasteiger partial charge >= 0.3 is 0 Å². The zero-order valence-electron chi connectivity index (χ0n) is 12.0. The number of fused-ring (bicyclic) bond motifs is 1. The number of nitrogens with two attached hydrogens (primary N) is 1. The maximum atomic E-state index is 9.89. The van der Waals surface area contributed by atoms with Crippen molar-refractivity contribution in [3.05, 3.63) is 30.1 Å². The normalized spacial score (nSPS) is 23.2. The van der Waals surface area contributed by atoms with Gasteiger partial charge in [0.05, 0.1) is 6.10 Å². The minimum Gasteiger partial charge on any atom is -0.398 e. The van der Waals surface area contributed by atoms with Crippen molar-refractivity contribution in [2.75, 3.05) is 23.7 Å². The molecule has 20 heavy (non-hydrogen) atoms. The maximum absolute atomic E-state index is 9.89. The highest BCUT2D eigenvalue weighted by Gasteiger charge is 2.25. The molecule has 0 radical (unpaired) electrons. The molecule has 106 valence electrons. The number of hydrogen-bond donors (Lipinski definition) is 2. The van der Waals surface area contributed by atoms with Crippen LogP contribution in [0.25, 0.3) is 10.8 Å². The number of pyridine rings is 1. The van der Waals surface area contributed by atoms with Crippen molar-refractivity contribution >= 4 is 22.1 Å². The van der Waals surface area contributed by atoms with Crippen LogP contribution >= 0.6 is 0 Å². The maximum Gasteiger partial charge on any atom is 0.0599 e. The molecule has 0 amide bonds. The van der Waals surface area contributed by atoms with Crippen molar-refractivity contribution in [1.29, 1.82) is 0 Å². The van der Waals surface area contributed by atoms with Crippen LogP contribution in [0.4, 0.5) is 11.4 Å². The second-order valence-electron chi connectivity index (χ2n) is 5.82. The van der Waals surface area contributed by atoms with Gasteiger partial charge in [-0.15, -0.1) is 0 Å². The summed E-state index contributed by atoms with van der Waals surface area (Å²) in [5, 5.41) is 12.0. The van der Waals surface area contributed by atoms with Gasteiger partial charge in [0, 0.05) is 47.1 Å². The van der Waals surface area contributed by atoms with E-state index in [0.717, 1.165) is 41.7 Å². The number of nitrogen functional groups attached to an aromatic ring is 1. The van der Waals surface area contributed by atoms with Crippen LogP contribution in [0.1, 0.15) is 19.0 Å². The number of aliphatic hydroxyl groups excluding tert-OH is 1. The Morgan fingerprint density at radius 1 is 1.35 bits per heavy atom. The van der Waals surface area contributed by atoms with E-state index in [2.05, 4.69) is 28.9 Å². The van der Waals surface area contributed by atoms with E-state index >= 15 is 0 Å². The quantitative estimate of drug-likeness (QED) is 0.781. The average molecular weight is 271 g/mol. The van der Waals surface area contributed by atoms with Gasteiger partial charge < -0.3 is 15.7 Å². The standard InChI is InChI=1S/C16H21N3O/c1-10-9-19(6-5-16(10)20)15-4-3-14(17)13-8-18-11(2)7-12(13)15/h3-4,7-8,10,16,20H,5-6,9,17H2,1-2H3. The van der Waals surface area contributed by atoms with E-state index in [1.807, 2.05) is 19.2 Å². The van der Waals surface area contributed by atoms with Gasteiger partial charge in [0.15, 0.2) is 0 Å². The van der Waals surface area contributed by atoms with E-state index in [0.29, 0.717) is 5.92 Å². The molecule has 4 nitrogen and oxygen atoms in total. The molecular formula is C16H21N3O. The van der Waals surface area contributed by atoms with Gasteiger partial charge in [0.1, 0.15) is 0 Å². The predicted octanol–water partition coefficient (Wildman–Crippen LogP) is 2.33. The van der Waals surface area contributed by atoms with Crippen molar-refractivity contribution in [1.82, 2.24) is 4.98 Å². The van der Waals surface area contributed by atoms with Crippen LogP contribution in [0.3, 0.4) is 0 Å². The highest BCUT2D eigenvalue weighted by Crippen LogP contribution is 2.33. The average Bonchev–Trinajstić information content (AvgIpc) is 2.42. The number of rotatable bonds is 1. The van der Waals surface area contributed by atoms with Gasteiger partial charge in [-0.3, -0.25) is 4.98 Å². The van der Waals surface area contributed by atoms with Gasteiger partial charge in [-0.1, -0.05) is 6.92 Å². The molecule has 1 aromatic heterocycles. The van der Waals surface area contributed by atoms with Crippen LogP contribution in [0.5, 0.6) is 0 Å². The van der Waals surface area contributed by atoms with Crippen LogP contribution in [-0.2, 0) is 0 Å². The van der Waals surface area contributed by atoms with Gasteiger partial charge in [-0.2, -0.15) is 0 Å². The fraction of sp³-hybridized carbons (Fsp3) is 0.438. The van der Waals surface area contributed by atoms with E-state index in [1.165, 1.54) is 5.69 Å². The molecule has 2 aromatic rings. The van der Waals surface area contributed by atoms with Crippen LogP contribution < -0.4 is 10.6 Å². The Morgan fingerprint density at radius 3 is 2.90 bits per heavy atom. The first-order chi connectivity index (χ1) is 9.56. The Hall–Kier alpha value is -1.81. The van der Waals surface area contributed by atoms with Crippen molar-refractivity contribution < 1.29 is 5.11 Å². The minimum absolute atomic E-state index is 0.185. The number of hydrogen-bond acceptors (Lipinski definition) is 4. The Kier molecular flexibility index (Phi) is 3.26. The first-order valence-electron chi connectivity index (χ1n) is 7.14. The molecule has 0 saturated carbocycles. The van der Waals surface area contributed by atoms with Gasteiger partial charge in [0.25, 0.3) is 0 Å². The molecule has 1 aromatic carbocycles. The van der Waals surface area contributed by atoms with Crippen molar-refractivity contribution in [2.45, 2.75) is 26.4 Å². The lowest BCUT2D eigenvalue weighted by Gasteiger charge is -2.36. The van der Waals surface area contributed by atoms with Crippen LogP contribution in [0.15, 0.2) is 24.4 Å². The zero-order chi connectivity index (χ0) is 14.3. The fourth-order valence-electron chi connectivity index (χ4n) is 2.98. The summed E-state index contributed by atoms with van der Waals surface area (Å²) in [6.07, 6.45) is 2.48. The Balaban J connectivity index is 2.07. The van der Waals surface area contributed by atoms with Crippen LogP contribution in [-0.4, -0.2) is 29.3 Å². The molecule has 1 aliphatic rings. The number of aliphatic hydroxyl groups is 1. The molecule has 1 aliphatic heterocycles. The van der Waals surface area contributed by atoms with Gasteiger partial charge in [-0.25, -0.2) is 0 Å². The highest BCUT2D eigenvalue weighted by molar-refractivity contribution is 6.01. The van der Waals surface area contributed by atoms with E-state index in [4.69, 9.17) is 5.73 Å². The third kappa shape index (κ3) is 2.20. The summed E-state index contributed by atoms with van der Waals surface area (Å²) >= 11 is 0. The van der Waals surface area contributed by atoms with Crippen molar-refractivity contribution in [2.24, 2.45) is 5.92 Å². The SMILES string of the molecule is Cc1cc2c(N3CCC(O)C(C)C3)ccc(N)c2cn1. The Labute approximate surface area is 119 Å². The molecule has 2 atom stereocenters. The second-order valence-corrected chi connectivity index (χ2v) is 5.82. The number of anilines is 2. The lowest BCUT2D eigenvalue weighted by Crippen LogP contribution is -2.42. The third-order valence-corrected chi connectivity index (χ3v) is 4.25. The Bertz CT molecular complexity index is 641. The predicted molar refractivity (Wildman–Crippen MR) is 82.9 cm³/mol. The lowest BCUT2D eigenvalue weighted by molar-refractivity contribution is 0.0972. The fourth-order valence-corrected chi connectivity index (χ4v) is 2.98. The molecule has 1 saturated heterocycles. The molecular weight excluding hydrogens is 250 g/mol. The Morgan fingerprint density at radius 2 is 2.15 bits per heavy atom. The lowest BCUT2D eigenvalue weighted by atomic mass is 9.95. The summed E-state index contributed by atoms with van der Waals surface area (Å²) in [7, 11) is 0. The number of aromatic nitrogens is 1. The number of benzene rings is 1. The van der Waals surface area contributed by atoms with E-state index in [9.17, 15) is 5.11 Å². The minimum atomic E-state index is -0.185. The van der Waals surface area contributed by atoms with E-state index in [1.54, 1.807) is 0 Å². The van der Waals surface area contributed by atoms with E-state index < -0.39 is 0 Å². The summed E-state index contributed by atoms with van der Waals surface area (Å²) in [4.78, 5) is 6.69. The third-order valence-electron chi connectivity index (χ3n) is 4.25. The first kappa shape index (κ1) is 13.2. The topological polar surface area (TPSA) is 62.4 Å². The van der Waals surface area contributed by atoms with Crippen LogP contribution in [0.2, 0.25) is 0 Å². The first-order valence-corrected chi connectivity index (χ1v) is 7.14. The molecule has 4 heteroatoms. The summed E-state index contributed by atoms with van der Waals surface area (Å²) in [5.74, 6) is 0.291. The van der Waals surface area contributed by atoms with Crippen molar-refractivity contribution in [3.63, 3.8) is 0 Å². The number of nitrogens with zero attached hydrogens (tertiary/aromatic N) is 2. The summed E-state index contributed by atoms with van der Waals surface area (Å²) < 4.78 is 0. The van der Waals surface area contributed by atoms with Crippen molar-refractivity contribution in [3.8, 4) is 0 Å². The molecule has 3 N–H and O–H groups in total. The van der Waals surface area contributed by atoms with Gasteiger partial charge in [-0.05, 0) is 37.5 Å². The smallest absolute Gasteiger partial charge is 0.0599 e. The highest BCUT2D eigenvalue weighted by atomic mass is 16.3. The molecule has 0 aliphatic carbocycles. The summed E-state index contributed by atoms with van der Waals surface area (Å²) in [6.45, 7) is 5.85. The monoisotopic (exact) mass is 271 g/mol. The summed E-state index contributed by atoms with van der Waals surface area (Å²) in [5.41, 5.74) is 9.01. The molecule has 2 unspecified atom stereocenters. The zero-order valence-corrected chi connectivity index (χ0v) is 12.0. The number of aryl methyl sites for hydroxylation is 1. The molecule has 1 fully saturated rings. The largest absolute Gasteiger partial charge is 0.398 e. The summed E-state index contributed by atoms with van der Waals surface area (Å²) in [6, 6.07) is 6.13. The molecule has 3 rings (SSSR count). The van der Waals surface area contributed by atoms with Crippen LogP contribution in [0, 0.1) is 12.8 Å². The van der Waals surface area contributed by atoms with E-state index in [-0.39, 0.29) is 6.10 Å². The molecule has 2 heterocycles. The second kappa shape index (κ2) is 4.94.